The number of carbonyl (C=O) groups is 2. The molecule has 5 rings (SSSR count). The van der Waals surface area contributed by atoms with E-state index in [-0.39, 0.29) is 24.8 Å². The molecule has 0 radical (unpaired) electrons. The van der Waals surface area contributed by atoms with E-state index in [0.29, 0.717) is 0 Å². The lowest BCUT2D eigenvalue weighted by Crippen LogP contribution is -2.71. The summed E-state index contributed by atoms with van der Waals surface area (Å²) in [6.45, 7) is 5.87. The maximum atomic E-state index is 17.1. The molecule has 1 aliphatic heterocycles. The first kappa shape index (κ1) is 22.3. The first-order chi connectivity index (χ1) is 14.8. The van der Waals surface area contributed by atoms with Gasteiger partial charge < -0.3 is 19.7 Å². The highest BCUT2D eigenvalue weighted by Gasteiger charge is 2.80. The van der Waals surface area contributed by atoms with Crippen molar-refractivity contribution in [3.8, 4) is 0 Å². The molecule has 1 heterocycles. The summed E-state index contributed by atoms with van der Waals surface area (Å²) in [4.78, 5) is 25.1. The number of aliphatic hydroxyl groups excluding tert-OH is 2. The Morgan fingerprint density at radius 1 is 1.22 bits per heavy atom. The molecule has 0 aromatic rings. The Hall–Kier alpha value is -1.48. The highest BCUT2D eigenvalue weighted by Crippen LogP contribution is 2.72. The third-order valence-corrected chi connectivity index (χ3v) is 9.18. The number of allylic oxidation sites excluding steroid dienone is 4. The molecular formula is C24H30F2O6. The number of hydrogen-bond donors (Lipinski definition) is 2. The summed E-state index contributed by atoms with van der Waals surface area (Å²) in [5.74, 6) is -3.53. The van der Waals surface area contributed by atoms with E-state index in [1.54, 1.807) is 20.8 Å². The normalized spacial score (nSPS) is 53.2. The molecule has 0 amide bonds. The second kappa shape index (κ2) is 6.34. The number of aliphatic hydroxyl groups is 2. The van der Waals surface area contributed by atoms with Crippen molar-refractivity contribution in [1.29, 1.82) is 0 Å². The number of hydrogen-bond acceptors (Lipinski definition) is 6. The Kier molecular flexibility index (Phi) is 4.42. The molecule has 9 atom stereocenters. The minimum absolute atomic E-state index is 0.0550. The van der Waals surface area contributed by atoms with Crippen LogP contribution in [0.4, 0.5) is 8.78 Å². The van der Waals surface area contributed by atoms with Gasteiger partial charge in [-0.1, -0.05) is 13.0 Å². The highest BCUT2D eigenvalue weighted by atomic mass is 19.1. The third kappa shape index (κ3) is 2.32. The standard InChI is InChI=1S/C24H30F2O6/c1-20(2)31-19-9-13-14-8-16(25)15-7-12(28)5-6-21(15,3)23(14,26)17(29)10-22(13,4)24(19,32-20)18(30)11-27/h5-7,13-14,16-17,19,27,29H,8-11H2,1-4H3/t13-,14-,16-,17-,19?,21-,22-,23-,24+/m0/s1. The van der Waals surface area contributed by atoms with E-state index >= 15 is 8.78 Å². The van der Waals surface area contributed by atoms with Crippen molar-refractivity contribution in [3.05, 3.63) is 23.8 Å². The lowest BCUT2D eigenvalue weighted by molar-refractivity contribution is -0.248. The number of rotatable bonds is 2. The van der Waals surface area contributed by atoms with Crippen molar-refractivity contribution >= 4 is 11.6 Å². The highest BCUT2D eigenvalue weighted by molar-refractivity contribution is 6.01. The lowest BCUT2D eigenvalue weighted by atomic mass is 9.44. The van der Waals surface area contributed by atoms with E-state index < -0.39 is 76.3 Å². The molecule has 3 saturated carbocycles. The van der Waals surface area contributed by atoms with E-state index in [1.807, 2.05) is 0 Å². The minimum atomic E-state index is -2.24. The Morgan fingerprint density at radius 2 is 1.91 bits per heavy atom. The molecule has 5 aliphatic rings. The van der Waals surface area contributed by atoms with Crippen molar-refractivity contribution in [1.82, 2.24) is 0 Å². The van der Waals surface area contributed by atoms with Gasteiger partial charge in [0.1, 0.15) is 12.8 Å². The maximum Gasteiger partial charge on any atom is 0.193 e. The Morgan fingerprint density at radius 3 is 2.56 bits per heavy atom. The van der Waals surface area contributed by atoms with E-state index in [1.165, 1.54) is 19.1 Å². The number of carbonyl (C=O) groups excluding carboxylic acids is 2. The van der Waals surface area contributed by atoms with Gasteiger partial charge in [0.05, 0.1) is 12.2 Å². The Balaban J connectivity index is 1.66. The molecule has 176 valence electrons. The third-order valence-electron chi connectivity index (χ3n) is 9.18. The molecule has 0 aromatic carbocycles. The van der Waals surface area contributed by atoms with Gasteiger partial charge in [0.15, 0.2) is 28.6 Å². The molecule has 6 nitrogen and oxygen atoms in total. The molecule has 4 fully saturated rings. The van der Waals surface area contributed by atoms with Gasteiger partial charge in [-0.25, -0.2) is 8.78 Å². The quantitative estimate of drug-likeness (QED) is 0.668. The van der Waals surface area contributed by atoms with Crippen molar-refractivity contribution in [2.45, 2.75) is 82.4 Å². The first-order valence-electron chi connectivity index (χ1n) is 11.3. The van der Waals surface area contributed by atoms with Crippen LogP contribution in [0, 0.1) is 22.7 Å². The SMILES string of the molecule is CC1(C)OC2C[C@H]3[C@@H]4C[C@H](F)C5=CC(=O)C=C[C@]5(C)[C@@]4(F)[C@@H](O)C[C@]3(C)[C@]2(C(=O)CO)O1. The fourth-order valence-corrected chi connectivity index (χ4v) is 7.92. The van der Waals surface area contributed by atoms with Crippen LogP contribution in [0.25, 0.3) is 0 Å². The number of Topliss-reactive ketones (excluding diaryl/α,β-unsaturated/α-hetero) is 1. The molecule has 2 N–H and O–H groups in total. The number of ether oxygens (including phenoxy) is 2. The predicted molar refractivity (Wildman–Crippen MR) is 109 cm³/mol. The van der Waals surface area contributed by atoms with Gasteiger partial charge in [0.25, 0.3) is 0 Å². The molecule has 8 heteroatoms. The number of fused-ring (bicyclic) bond motifs is 7. The lowest BCUT2D eigenvalue weighted by Gasteiger charge is -2.63. The summed E-state index contributed by atoms with van der Waals surface area (Å²) in [6, 6.07) is 0. The first-order valence-corrected chi connectivity index (χ1v) is 11.3. The molecular weight excluding hydrogens is 422 g/mol. The van der Waals surface area contributed by atoms with E-state index in [2.05, 4.69) is 0 Å². The molecule has 0 spiro atoms. The molecule has 0 bridgehead atoms. The van der Waals surface area contributed by atoms with Crippen molar-refractivity contribution in [2.75, 3.05) is 6.61 Å². The topological polar surface area (TPSA) is 93.1 Å². The van der Waals surface area contributed by atoms with Crippen LogP contribution in [0.15, 0.2) is 23.8 Å². The zero-order valence-electron chi connectivity index (χ0n) is 18.7. The summed E-state index contributed by atoms with van der Waals surface area (Å²) in [5, 5.41) is 21.1. The van der Waals surface area contributed by atoms with Crippen LogP contribution in [0.5, 0.6) is 0 Å². The average Bonchev–Trinajstić information content (AvgIpc) is 3.11. The van der Waals surface area contributed by atoms with Crippen LogP contribution < -0.4 is 0 Å². The van der Waals surface area contributed by atoms with Crippen molar-refractivity contribution in [3.63, 3.8) is 0 Å². The zero-order valence-corrected chi connectivity index (χ0v) is 18.7. The fourth-order valence-electron chi connectivity index (χ4n) is 7.92. The molecule has 4 aliphatic carbocycles. The van der Waals surface area contributed by atoms with Gasteiger partial charge in [-0.2, -0.15) is 0 Å². The number of ketones is 2. The van der Waals surface area contributed by atoms with Gasteiger partial charge in [-0.3, -0.25) is 9.59 Å². The zero-order chi connectivity index (χ0) is 23.5. The van der Waals surface area contributed by atoms with Gasteiger partial charge in [0.2, 0.25) is 0 Å². The number of alkyl halides is 2. The van der Waals surface area contributed by atoms with Crippen LogP contribution in [0.1, 0.15) is 47.0 Å². The summed E-state index contributed by atoms with van der Waals surface area (Å²) < 4.78 is 44.8. The summed E-state index contributed by atoms with van der Waals surface area (Å²) in [6.07, 6.45) is -0.151. The number of halogens is 2. The van der Waals surface area contributed by atoms with Crippen LogP contribution in [-0.4, -0.2) is 63.8 Å². The average molecular weight is 452 g/mol. The Bertz CT molecular complexity index is 960. The predicted octanol–water partition coefficient (Wildman–Crippen LogP) is 2.37. The van der Waals surface area contributed by atoms with Crippen LogP contribution >= 0.6 is 0 Å². The Labute approximate surface area is 185 Å². The largest absolute Gasteiger partial charge is 0.390 e. The second-order valence-corrected chi connectivity index (χ2v) is 11.0. The van der Waals surface area contributed by atoms with Crippen LogP contribution in [-0.2, 0) is 19.1 Å². The van der Waals surface area contributed by atoms with E-state index in [4.69, 9.17) is 9.47 Å². The summed E-state index contributed by atoms with van der Waals surface area (Å²) in [7, 11) is 0. The second-order valence-electron chi connectivity index (χ2n) is 11.0. The minimum Gasteiger partial charge on any atom is -0.390 e. The fraction of sp³-hybridized carbons (Fsp3) is 0.750. The maximum absolute atomic E-state index is 17.1. The van der Waals surface area contributed by atoms with Gasteiger partial charge in [0, 0.05) is 16.7 Å². The monoisotopic (exact) mass is 452 g/mol. The van der Waals surface area contributed by atoms with E-state index in [0.717, 1.165) is 6.08 Å². The van der Waals surface area contributed by atoms with Gasteiger partial charge in [-0.05, 0) is 63.7 Å². The summed E-state index contributed by atoms with van der Waals surface area (Å²) in [5.41, 5.74) is -6.30. The summed E-state index contributed by atoms with van der Waals surface area (Å²) >= 11 is 0. The molecule has 1 saturated heterocycles. The van der Waals surface area contributed by atoms with Crippen molar-refractivity contribution in [2.24, 2.45) is 22.7 Å². The van der Waals surface area contributed by atoms with Crippen LogP contribution in [0.3, 0.4) is 0 Å². The molecule has 1 unspecified atom stereocenters. The molecule has 0 aromatic heterocycles. The van der Waals surface area contributed by atoms with E-state index in [9.17, 15) is 19.8 Å². The smallest absolute Gasteiger partial charge is 0.193 e. The van der Waals surface area contributed by atoms with Gasteiger partial charge >= 0.3 is 0 Å². The van der Waals surface area contributed by atoms with Crippen LogP contribution in [0.2, 0.25) is 0 Å². The molecule has 32 heavy (non-hydrogen) atoms. The van der Waals surface area contributed by atoms with Crippen molar-refractivity contribution < 1.29 is 38.1 Å². The van der Waals surface area contributed by atoms with Gasteiger partial charge in [-0.15, -0.1) is 0 Å².